The summed E-state index contributed by atoms with van der Waals surface area (Å²) in [7, 11) is 0. The van der Waals surface area contributed by atoms with Crippen molar-refractivity contribution in [1.82, 2.24) is 19.8 Å². The lowest BCUT2D eigenvalue weighted by Crippen LogP contribution is -2.19. The van der Waals surface area contributed by atoms with Crippen LogP contribution >= 0.6 is 45.2 Å². The summed E-state index contributed by atoms with van der Waals surface area (Å²) in [5.41, 5.74) is 8.69. The van der Waals surface area contributed by atoms with Gasteiger partial charge in [-0.1, -0.05) is 18.2 Å². The number of aryl methyl sites for hydroxylation is 2. The number of nitrogens with zero attached hydrogens (tertiary/aromatic N) is 4. The third kappa shape index (κ3) is 4.86. The second-order valence-corrected chi connectivity index (χ2v) is 10.8. The molecule has 5 rings (SSSR count). The summed E-state index contributed by atoms with van der Waals surface area (Å²) in [5, 5.41) is 11.3. The quantitative estimate of drug-likeness (QED) is 0.129. The van der Waals surface area contributed by atoms with Crippen LogP contribution in [-0.4, -0.2) is 26.5 Å². The second kappa shape index (κ2) is 10.1. The summed E-state index contributed by atoms with van der Waals surface area (Å²) in [6.07, 6.45) is 2.01. The predicted octanol–water partition coefficient (Wildman–Crippen LogP) is 6.35. The highest BCUT2D eigenvalue weighted by Gasteiger charge is 2.13. The number of amides is 1. The molecule has 3 aromatic carbocycles. The standard InChI is InChI=1S/C27H23I2N5O/c1-17-24(18(2)34(32-17)21-6-4-3-5-7-21)16-30-31-27(35)12-13-33-25-10-8-19(28)14-22(25)23-15-20(29)9-11-26(23)33/h3-11,14-16H,12-13H2,1-2H3,(H,31,35)/b30-16-. The number of hydrogen-bond donors (Lipinski definition) is 1. The van der Waals surface area contributed by atoms with Crippen molar-refractivity contribution >= 4 is 79.1 Å². The number of para-hydroxylation sites is 1. The van der Waals surface area contributed by atoms with Crippen LogP contribution in [0.1, 0.15) is 23.4 Å². The minimum Gasteiger partial charge on any atom is -0.340 e. The molecule has 1 N–H and O–H groups in total. The van der Waals surface area contributed by atoms with Gasteiger partial charge in [-0.3, -0.25) is 4.79 Å². The van der Waals surface area contributed by atoms with E-state index in [0.29, 0.717) is 13.0 Å². The van der Waals surface area contributed by atoms with E-state index in [4.69, 9.17) is 0 Å². The Labute approximate surface area is 230 Å². The molecule has 0 atom stereocenters. The normalized spacial score (nSPS) is 11.7. The Morgan fingerprint density at radius 1 is 0.971 bits per heavy atom. The molecule has 176 valence electrons. The number of hydrogen-bond acceptors (Lipinski definition) is 3. The van der Waals surface area contributed by atoms with Crippen LogP contribution in [0.3, 0.4) is 0 Å². The Kier molecular flexibility index (Phi) is 6.92. The van der Waals surface area contributed by atoms with Crippen molar-refractivity contribution < 1.29 is 4.79 Å². The Balaban J connectivity index is 1.31. The molecule has 0 fully saturated rings. The van der Waals surface area contributed by atoms with Gasteiger partial charge in [0.2, 0.25) is 5.91 Å². The molecule has 0 spiro atoms. The third-order valence-corrected chi connectivity index (χ3v) is 7.42. The summed E-state index contributed by atoms with van der Waals surface area (Å²) in [4.78, 5) is 12.6. The summed E-state index contributed by atoms with van der Waals surface area (Å²) < 4.78 is 6.50. The number of carbonyl (C=O) groups is 1. The number of rotatable bonds is 6. The molecule has 5 aromatic rings. The van der Waals surface area contributed by atoms with Crippen LogP contribution in [-0.2, 0) is 11.3 Å². The fourth-order valence-electron chi connectivity index (χ4n) is 4.39. The van der Waals surface area contributed by atoms with Gasteiger partial charge in [0.1, 0.15) is 0 Å². The van der Waals surface area contributed by atoms with Gasteiger partial charge in [0.05, 0.1) is 23.3 Å². The Hall–Kier alpha value is -2.73. The van der Waals surface area contributed by atoms with E-state index >= 15 is 0 Å². The predicted molar refractivity (Wildman–Crippen MR) is 158 cm³/mol. The molecule has 35 heavy (non-hydrogen) atoms. The van der Waals surface area contributed by atoms with Gasteiger partial charge in [0.25, 0.3) is 0 Å². The highest BCUT2D eigenvalue weighted by atomic mass is 127. The number of hydrazone groups is 1. The van der Waals surface area contributed by atoms with Crippen molar-refractivity contribution in [3.05, 3.63) is 90.8 Å². The molecule has 0 aliphatic heterocycles. The van der Waals surface area contributed by atoms with Crippen LogP contribution < -0.4 is 5.43 Å². The molecule has 2 aromatic heterocycles. The number of nitrogens with one attached hydrogen (secondary N) is 1. The van der Waals surface area contributed by atoms with Crippen molar-refractivity contribution in [2.75, 3.05) is 0 Å². The average molecular weight is 687 g/mol. The zero-order valence-corrected chi connectivity index (χ0v) is 23.6. The molecule has 0 saturated heterocycles. The average Bonchev–Trinajstić information content (AvgIpc) is 3.31. The number of aromatic nitrogens is 3. The maximum Gasteiger partial charge on any atom is 0.241 e. The fraction of sp³-hybridized carbons (Fsp3) is 0.148. The minimum atomic E-state index is -0.127. The molecule has 0 aliphatic carbocycles. The third-order valence-electron chi connectivity index (χ3n) is 6.08. The van der Waals surface area contributed by atoms with E-state index < -0.39 is 0 Å². The Morgan fingerprint density at radius 3 is 2.23 bits per heavy atom. The maximum atomic E-state index is 12.6. The van der Waals surface area contributed by atoms with Crippen molar-refractivity contribution in [3.8, 4) is 5.69 Å². The molecule has 6 nitrogen and oxygen atoms in total. The molecule has 8 heteroatoms. The van der Waals surface area contributed by atoms with Gasteiger partial charge >= 0.3 is 0 Å². The zero-order valence-electron chi connectivity index (χ0n) is 19.3. The molecule has 0 saturated carbocycles. The molecule has 1 amide bonds. The van der Waals surface area contributed by atoms with E-state index in [2.05, 4.69) is 102 Å². The van der Waals surface area contributed by atoms with E-state index in [0.717, 1.165) is 33.7 Å². The Morgan fingerprint density at radius 2 is 1.60 bits per heavy atom. The molecule has 0 unspecified atom stereocenters. The highest BCUT2D eigenvalue weighted by molar-refractivity contribution is 14.1. The molecular formula is C27H23I2N5O. The maximum absolute atomic E-state index is 12.6. The second-order valence-electron chi connectivity index (χ2n) is 8.35. The SMILES string of the molecule is Cc1nn(-c2ccccc2)c(C)c1/C=N\NC(=O)CCn1c2ccc(I)cc2c2cc(I)ccc21. The molecular weight excluding hydrogens is 664 g/mol. The molecule has 2 heterocycles. The fourth-order valence-corrected chi connectivity index (χ4v) is 5.37. The van der Waals surface area contributed by atoms with Gasteiger partial charge in [-0.2, -0.15) is 10.2 Å². The Bertz CT molecular complexity index is 1530. The van der Waals surface area contributed by atoms with E-state index in [1.54, 1.807) is 6.21 Å². The van der Waals surface area contributed by atoms with E-state index in [9.17, 15) is 4.79 Å². The largest absolute Gasteiger partial charge is 0.340 e. The topological polar surface area (TPSA) is 64.2 Å². The van der Waals surface area contributed by atoms with Crippen molar-refractivity contribution in [1.29, 1.82) is 0 Å². The summed E-state index contributed by atoms with van der Waals surface area (Å²) >= 11 is 4.69. The summed E-state index contributed by atoms with van der Waals surface area (Å²) in [5.74, 6) is -0.127. The summed E-state index contributed by atoms with van der Waals surface area (Å²) in [6.45, 7) is 4.52. The number of fused-ring (bicyclic) bond motifs is 3. The number of halogens is 2. The van der Waals surface area contributed by atoms with Crippen LogP contribution in [0.25, 0.3) is 27.5 Å². The van der Waals surface area contributed by atoms with Crippen LogP contribution in [0.5, 0.6) is 0 Å². The van der Waals surface area contributed by atoms with E-state index in [1.807, 2.05) is 48.9 Å². The first-order chi connectivity index (χ1) is 16.9. The van der Waals surface area contributed by atoms with E-state index in [1.165, 1.54) is 17.9 Å². The highest BCUT2D eigenvalue weighted by Crippen LogP contribution is 2.31. The van der Waals surface area contributed by atoms with E-state index in [-0.39, 0.29) is 5.91 Å². The first-order valence-corrected chi connectivity index (χ1v) is 13.4. The monoisotopic (exact) mass is 687 g/mol. The first kappa shape index (κ1) is 24.0. The first-order valence-electron chi connectivity index (χ1n) is 11.2. The van der Waals surface area contributed by atoms with Gasteiger partial charge in [0, 0.05) is 47.5 Å². The van der Waals surface area contributed by atoms with Gasteiger partial charge < -0.3 is 4.57 Å². The van der Waals surface area contributed by atoms with Crippen molar-refractivity contribution in [3.63, 3.8) is 0 Å². The number of carbonyl (C=O) groups excluding carboxylic acids is 1. The lowest BCUT2D eigenvalue weighted by Gasteiger charge is -2.07. The van der Waals surface area contributed by atoms with Crippen LogP contribution in [0, 0.1) is 21.0 Å². The van der Waals surface area contributed by atoms with Gasteiger partial charge in [0.15, 0.2) is 0 Å². The van der Waals surface area contributed by atoms with Crippen molar-refractivity contribution in [2.24, 2.45) is 5.10 Å². The lowest BCUT2D eigenvalue weighted by molar-refractivity contribution is -0.121. The van der Waals surface area contributed by atoms with Gasteiger partial charge in [-0.15, -0.1) is 0 Å². The number of benzene rings is 3. The molecule has 0 aliphatic rings. The van der Waals surface area contributed by atoms with Crippen LogP contribution in [0.2, 0.25) is 0 Å². The smallest absolute Gasteiger partial charge is 0.241 e. The zero-order chi connectivity index (χ0) is 24.5. The molecule has 0 radical (unpaired) electrons. The summed E-state index contributed by atoms with van der Waals surface area (Å²) in [6, 6.07) is 22.9. The molecule has 0 bridgehead atoms. The van der Waals surface area contributed by atoms with Gasteiger partial charge in [-0.25, -0.2) is 10.1 Å². The van der Waals surface area contributed by atoms with Gasteiger partial charge in [-0.05, 0) is 108 Å². The minimum absolute atomic E-state index is 0.127. The van der Waals surface area contributed by atoms with Crippen LogP contribution in [0.4, 0.5) is 0 Å². The lowest BCUT2D eigenvalue weighted by atomic mass is 10.2. The van der Waals surface area contributed by atoms with Crippen molar-refractivity contribution in [2.45, 2.75) is 26.8 Å². The van der Waals surface area contributed by atoms with Crippen LogP contribution in [0.15, 0.2) is 71.8 Å².